The van der Waals surface area contributed by atoms with E-state index in [1.165, 1.54) is 19.3 Å². The van der Waals surface area contributed by atoms with E-state index in [-0.39, 0.29) is 0 Å². The minimum atomic E-state index is 1.03. The molecule has 0 nitrogen and oxygen atoms in total. The Morgan fingerprint density at radius 2 is 1.31 bits per heavy atom. The third-order valence-electron chi connectivity index (χ3n) is 1.89. The molecule has 1 aliphatic rings. The average molecular weight is 173 g/mol. The van der Waals surface area contributed by atoms with Crippen LogP contribution in [0.2, 0.25) is 0 Å². The van der Waals surface area contributed by atoms with Crippen molar-refractivity contribution in [2.24, 2.45) is 0 Å². The predicted octanol–water partition coefficient (Wildman–Crippen LogP) is 3.99. The first kappa shape index (κ1) is 10.0. The van der Waals surface area contributed by atoms with Gasteiger partial charge < -0.3 is 0 Å². The summed E-state index contributed by atoms with van der Waals surface area (Å²) in [5, 5.41) is 0. The summed E-state index contributed by atoms with van der Waals surface area (Å²) in [6.07, 6.45) is 24.0. The average Bonchev–Trinajstić information content (AvgIpc) is 2.18. The Kier molecular flexibility index (Phi) is 5.87. The lowest BCUT2D eigenvalue weighted by molar-refractivity contribution is 0.867. The van der Waals surface area contributed by atoms with Crippen LogP contribution < -0.4 is 0 Å². The van der Waals surface area contributed by atoms with Crippen LogP contribution in [0.1, 0.15) is 25.7 Å². The molecule has 0 heterocycles. The van der Waals surface area contributed by atoms with Gasteiger partial charge in [0.05, 0.1) is 0 Å². The van der Waals surface area contributed by atoms with Crippen molar-refractivity contribution in [2.75, 3.05) is 0 Å². The second-order valence-electron chi connectivity index (χ2n) is 3.07. The fourth-order valence-corrected chi connectivity index (χ4v) is 1.16. The molecule has 0 aromatic rings. The second-order valence-corrected chi connectivity index (χ2v) is 3.07. The van der Waals surface area contributed by atoms with Crippen LogP contribution in [0.4, 0.5) is 0 Å². The van der Waals surface area contributed by atoms with Gasteiger partial charge in [-0.05, 0) is 32.1 Å². The van der Waals surface area contributed by atoms with Crippen LogP contribution in [0.5, 0.6) is 0 Å². The zero-order valence-corrected chi connectivity index (χ0v) is 8.02. The van der Waals surface area contributed by atoms with Crippen LogP contribution in [0.25, 0.3) is 0 Å². The van der Waals surface area contributed by atoms with Crippen LogP contribution in [-0.2, 0) is 0 Å². The van der Waals surface area contributed by atoms with E-state index in [0.717, 1.165) is 6.42 Å². The maximum atomic E-state index is 2.24. The molecule has 0 N–H and O–H groups in total. The van der Waals surface area contributed by atoms with Gasteiger partial charge in [-0.1, -0.05) is 48.6 Å². The highest BCUT2D eigenvalue weighted by Gasteiger charge is 1.81. The first-order valence-corrected chi connectivity index (χ1v) is 4.97. The summed E-state index contributed by atoms with van der Waals surface area (Å²) in [7, 11) is 0. The SMILES string of the molecule is [CH]1/C=C/CCC/C=C/C=C\C=C\C1. The Morgan fingerprint density at radius 1 is 0.615 bits per heavy atom. The Bertz CT molecular complexity index is 216. The number of hydrogen-bond donors (Lipinski definition) is 0. The Balaban J connectivity index is 2.38. The fraction of sp³-hybridized carbons (Fsp3) is 0.308. The molecule has 0 saturated heterocycles. The molecule has 0 bridgehead atoms. The molecule has 0 unspecified atom stereocenters. The number of hydrogen-bond acceptors (Lipinski definition) is 0. The maximum absolute atomic E-state index is 2.24. The number of allylic oxidation sites excluding steroid dienone is 8. The first-order chi connectivity index (χ1) is 6.50. The topological polar surface area (TPSA) is 0 Å². The Labute approximate surface area is 81.4 Å². The first-order valence-electron chi connectivity index (χ1n) is 4.97. The van der Waals surface area contributed by atoms with E-state index in [0.29, 0.717) is 0 Å². The normalized spacial score (nSPS) is 28.9. The molecule has 0 aromatic carbocycles. The van der Waals surface area contributed by atoms with E-state index >= 15 is 0 Å². The summed E-state index contributed by atoms with van der Waals surface area (Å²) in [6, 6.07) is 0. The molecule has 69 valence electrons. The van der Waals surface area contributed by atoms with Gasteiger partial charge in [0.2, 0.25) is 0 Å². The maximum Gasteiger partial charge on any atom is -0.0133 e. The molecule has 0 heteroatoms. The van der Waals surface area contributed by atoms with E-state index < -0.39 is 0 Å². The van der Waals surface area contributed by atoms with E-state index in [2.05, 4.69) is 55.0 Å². The van der Waals surface area contributed by atoms with Crippen molar-refractivity contribution in [1.29, 1.82) is 0 Å². The van der Waals surface area contributed by atoms with Gasteiger partial charge in [-0.25, -0.2) is 0 Å². The predicted molar refractivity (Wildman–Crippen MR) is 59.3 cm³/mol. The van der Waals surface area contributed by atoms with E-state index in [1.54, 1.807) is 0 Å². The smallest absolute Gasteiger partial charge is 0.0133 e. The molecule has 0 atom stereocenters. The van der Waals surface area contributed by atoms with Crippen molar-refractivity contribution in [3.8, 4) is 0 Å². The van der Waals surface area contributed by atoms with Crippen LogP contribution in [0.3, 0.4) is 0 Å². The highest BCUT2D eigenvalue weighted by Crippen LogP contribution is 2.01. The Hall–Kier alpha value is -1.04. The minimum absolute atomic E-state index is 1.03. The van der Waals surface area contributed by atoms with Gasteiger partial charge in [-0.15, -0.1) is 0 Å². The lowest BCUT2D eigenvalue weighted by Crippen LogP contribution is -1.70. The van der Waals surface area contributed by atoms with Gasteiger partial charge in [-0.2, -0.15) is 0 Å². The Morgan fingerprint density at radius 3 is 2.15 bits per heavy atom. The molecular formula is C13H17. The molecule has 0 spiro atoms. The molecule has 13 heavy (non-hydrogen) atoms. The zero-order valence-electron chi connectivity index (χ0n) is 8.02. The lowest BCUT2D eigenvalue weighted by Gasteiger charge is -1.89. The zero-order chi connectivity index (χ0) is 9.19. The van der Waals surface area contributed by atoms with Crippen molar-refractivity contribution in [2.45, 2.75) is 25.7 Å². The molecular weight excluding hydrogens is 156 g/mol. The van der Waals surface area contributed by atoms with Crippen molar-refractivity contribution in [3.63, 3.8) is 0 Å². The van der Waals surface area contributed by atoms with Crippen LogP contribution >= 0.6 is 0 Å². The van der Waals surface area contributed by atoms with Crippen LogP contribution in [0.15, 0.2) is 48.6 Å². The standard InChI is InChI=1S/C13H17/c1-2-4-6-8-10-12-13-11-9-7-5-3-1/h1-6,9,11,13H,7-8,10,12H2/b2-1-,5-3+,6-4+,13-11+. The molecule has 0 fully saturated rings. The summed E-state index contributed by atoms with van der Waals surface area (Å²) in [6.45, 7) is 0. The summed E-state index contributed by atoms with van der Waals surface area (Å²) < 4.78 is 0. The van der Waals surface area contributed by atoms with Gasteiger partial charge in [0.1, 0.15) is 0 Å². The molecule has 0 aromatic heterocycles. The summed E-state index contributed by atoms with van der Waals surface area (Å²) in [4.78, 5) is 0. The van der Waals surface area contributed by atoms with Gasteiger partial charge in [0.25, 0.3) is 0 Å². The van der Waals surface area contributed by atoms with E-state index in [9.17, 15) is 0 Å². The van der Waals surface area contributed by atoms with Gasteiger partial charge >= 0.3 is 0 Å². The largest absolute Gasteiger partial charge is 0.0882 e. The van der Waals surface area contributed by atoms with Gasteiger partial charge in [0.15, 0.2) is 0 Å². The molecule has 0 aliphatic heterocycles. The third kappa shape index (κ3) is 6.15. The molecule has 0 saturated carbocycles. The molecule has 1 radical (unpaired) electrons. The van der Waals surface area contributed by atoms with Crippen LogP contribution in [-0.4, -0.2) is 0 Å². The summed E-state index contributed by atoms with van der Waals surface area (Å²) >= 11 is 0. The van der Waals surface area contributed by atoms with Crippen molar-refractivity contribution in [1.82, 2.24) is 0 Å². The second kappa shape index (κ2) is 7.60. The molecule has 1 rings (SSSR count). The van der Waals surface area contributed by atoms with Crippen molar-refractivity contribution >= 4 is 0 Å². The highest BCUT2D eigenvalue weighted by molar-refractivity contribution is 5.12. The van der Waals surface area contributed by atoms with E-state index in [1.807, 2.05) is 0 Å². The molecule has 1 aliphatic carbocycles. The third-order valence-corrected chi connectivity index (χ3v) is 1.89. The summed E-state index contributed by atoms with van der Waals surface area (Å²) in [5.74, 6) is 0. The molecule has 0 amide bonds. The highest BCUT2D eigenvalue weighted by atomic mass is 13.9. The lowest BCUT2D eigenvalue weighted by atomic mass is 10.2. The quantitative estimate of drug-likeness (QED) is 0.519. The fourth-order valence-electron chi connectivity index (χ4n) is 1.16. The van der Waals surface area contributed by atoms with Crippen LogP contribution in [0, 0.1) is 6.42 Å². The van der Waals surface area contributed by atoms with Crippen molar-refractivity contribution < 1.29 is 0 Å². The number of rotatable bonds is 0. The summed E-state index contributed by atoms with van der Waals surface area (Å²) in [5.41, 5.74) is 0. The van der Waals surface area contributed by atoms with Gasteiger partial charge in [-0.3, -0.25) is 0 Å². The van der Waals surface area contributed by atoms with E-state index in [4.69, 9.17) is 0 Å². The monoisotopic (exact) mass is 173 g/mol. The van der Waals surface area contributed by atoms with Gasteiger partial charge in [0, 0.05) is 0 Å². The minimum Gasteiger partial charge on any atom is -0.0882 e. The van der Waals surface area contributed by atoms with Crippen molar-refractivity contribution in [3.05, 3.63) is 55.0 Å².